The van der Waals surface area contributed by atoms with Crippen LogP contribution in [0.1, 0.15) is 32.3 Å². The summed E-state index contributed by atoms with van der Waals surface area (Å²) in [5.74, 6) is 1.16. The van der Waals surface area contributed by atoms with Crippen molar-refractivity contribution in [2.75, 3.05) is 13.2 Å². The maximum Gasteiger partial charge on any atom is 0.389 e. The Morgan fingerprint density at radius 3 is 2.62 bits per heavy atom. The van der Waals surface area contributed by atoms with Gasteiger partial charge in [0.05, 0.1) is 6.61 Å². The first-order valence-electron chi connectivity index (χ1n) is 6.96. The summed E-state index contributed by atoms with van der Waals surface area (Å²) in [6, 6.07) is 5.46. The minimum atomic E-state index is -4.12. The van der Waals surface area contributed by atoms with Gasteiger partial charge in [-0.1, -0.05) is 29.8 Å². The smallest absolute Gasteiger partial charge is 0.389 e. The lowest BCUT2D eigenvalue weighted by Crippen LogP contribution is -2.19. The van der Waals surface area contributed by atoms with Crippen LogP contribution in [-0.2, 0) is 6.54 Å². The summed E-state index contributed by atoms with van der Waals surface area (Å²) in [5, 5.41) is 3.32. The molecule has 0 aromatic heterocycles. The van der Waals surface area contributed by atoms with Crippen LogP contribution in [0.2, 0.25) is 0 Å². The highest BCUT2D eigenvalue weighted by Gasteiger charge is 2.26. The molecule has 0 amide bonds. The number of ether oxygens (including phenoxy) is 1. The Hall–Kier alpha value is -0.750. The lowest BCUT2D eigenvalue weighted by Gasteiger charge is -2.12. The second-order valence-corrected chi connectivity index (χ2v) is 6.20. The Bertz CT molecular complexity index is 435. The molecule has 0 aliphatic rings. The molecule has 0 spiro atoms. The highest BCUT2D eigenvalue weighted by Crippen LogP contribution is 2.24. The van der Waals surface area contributed by atoms with E-state index in [0.29, 0.717) is 18.2 Å². The van der Waals surface area contributed by atoms with Crippen LogP contribution in [0.3, 0.4) is 0 Å². The molecular weight excluding hydrogens is 347 g/mol. The normalized spacial score (nSPS) is 12.0. The predicted molar refractivity (Wildman–Crippen MR) is 81.5 cm³/mol. The molecular formula is C15H21BrF3NO. The van der Waals surface area contributed by atoms with Gasteiger partial charge in [-0.25, -0.2) is 0 Å². The van der Waals surface area contributed by atoms with E-state index in [1.54, 1.807) is 6.07 Å². The van der Waals surface area contributed by atoms with Crippen molar-refractivity contribution >= 4 is 15.9 Å². The van der Waals surface area contributed by atoms with Gasteiger partial charge in [-0.2, -0.15) is 13.2 Å². The van der Waals surface area contributed by atoms with Crippen molar-refractivity contribution in [3.8, 4) is 5.75 Å². The van der Waals surface area contributed by atoms with Crippen molar-refractivity contribution in [3.05, 3.63) is 28.2 Å². The summed E-state index contributed by atoms with van der Waals surface area (Å²) >= 11 is 3.46. The number of rotatable bonds is 8. The summed E-state index contributed by atoms with van der Waals surface area (Å²) in [5.41, 5.74) is 1.03. The predicted octanol–water partition coefficient (Wildman–Crippen LogP) is 4.92. The molecule has 1 rings (SSSR count). The van der Waals surface area contributed by atoms with Gasteiger partial charge in [-0.15, -0.1) is 0 Å². The Morgan fingerprint density at radius 2 is 2.00 bits per heavy atom. The molecule has 0 saturated carbocycles. The lowest BCUT2D eigenvalue weighted by atomic mass is 10.2. The molecule has 0 fully saturated rings. The molecule has 0 aliphatic carbocycles. The fourth-order valence-electron chi connectivity index (χ4n) is 1.73. The van der Waals surface area contributed by atoms with E-state index in [1.807, 2.05) is 12.1 Å². The zero-order chi connectivity index (χ0) is 15.9. The van der Waals surface area contributed by atoms with Gasteiger partial charge in [0.2, 0.25) is 0 Å². The average molecular weight is 368 g/mol. The fraction of sp³-hybridized carbons (Fsp3) is 0.600. The first-order valence-corrected chi connectivity index (χ1v) is 7.76. The van der Waals surface area contributed by atoms with E-state index in [9.17, 15) is 13.2 Å². The van der Waals surface area contributed by atoms with E-state index < -0.39 is 12.6 Å². The number of hydrogen-bond donors (Lipinski definition) is 1. The van der Waals surface area contributed by atoms with Crippen molar-refractivity contribution in [2.24, 2.45) is 5.92 Å². The highest BCUT2D eigenvalue weighted by atomic mass is 79.9. The number of nitrogens with one attached hydrogen (secondary N) is 1. The number of benzene rings is 1. The van der Waals surface area contributed by atoms with E-state index in [-0.39, 0.29) is 13.0 Å². The molecule has 0 aliphatic heterocycles. The second kappa shape index (κ2) is 8.63. The standard InChI is InChI=1S/C15H21BrF3NO/c1-11(2)9-20-10-12-8-13(4-5-14(12)16)21-7-3-6-15(17,18)19/h4-5,8,11,20H,3,6-7,9-10H2,1-2H3. The third-order valence-corrected chi connectivity index (χ3v) is 3.53. The van der Waals surface area contributed by atoms with Crippen molar-refractivity contribution in [3.63, 3.8) is 0 Å². The molecule has 21 heavy (non-hydrogen) atoms. The van der Waals surface area contributed by atoms with Crippen molar-refractivity contribution in [2.45, 2.75) is 39.4 Å². The minimum Gasteiger partial charge on any atom is -0.494 e. The van der Waals surface area contributed by atoms with Gasteiger partial charge in [0.1, 0.15) is 5.75 Å². The van der Waals surface area contributed by atoms with Gasteiger partial charge in [0.25, 0.3) is 0 Å². The van der Waals surface area contributed by atoms with Gasteiger partial charge in [-0.05, 0) is 42.6 Å². The minimum absolute atomic E-state index is 0.0273. The Kier molecular flexibility index (Phi) is 7.52. The van der Waals surface area contributed by atoms with Crippen LogP contribution in [0.5, 0.6) is 5.75 Å². The Balaban J connectivity index is 2.45. The summed E-state index contributed by atoms with van der Waals surface area (Å²) in [7, 11) is 0. The van der Waals surface area contributed by atoms with Crippen LogP contribution >= 0.6 is 15.9 Å². The SMILES string of the molecule is CC(C)CNCc1cc(OCCCC(F)(F)F)ccc1Br. The maximum absolute atomic E-state index is 12.0. The molecule has 120 valence electrons. The van der Waals surface area contributed by atoms with E-state index in [0.717, 1.165) is 16.6 Å². The molecule has 1 aromatic carbocycles. The number of halogens is 4. The second-order valence-electron chi connectivity index (χ2n) is 5.35. The van der Waals surface area contributed by atoms with Gasteiger partial charge >= 0.3 is 6.18 Å². The van der Waals surface area contributed by atoms with Crippen molar-refractivity contribution < 1.29 is 17.9 Å². The first-order chi connectivity index (χ1) is 9.78. The molecule has 2 nitrogen and oxygen atoms in total. The van der Waals surface area contributed by atoms with E-state index in [4.69, 9.17) is 4.74 Å². The van der Waals surface area contributed by atoms with E-state index in [2.05, 4.69) is 35.1 Å². The molecule has 0 saturated heterocycles. The lowest BCUT2D eigenvalue weighted by molar-refractivity contribution is -0.136. The number of hydrogen-bond acceptors (Lipinski definition) is 2. The zero-order valence-electron chi connectivity index (χ0n) is 12.3. The van der Waals surface area contributed by atoms with Gasteiger partial charge in [-0.3, -0.25) is 0 Å². The zero-order valence-corrected chi connectivity index (χ0v) is 13.9. The summed E-state index contributed by atoms with van der Waals surface area (Å²) < 4.78 is 42.4. The van der Waals surface area contributed by atoms with Crippen LogP contribution in [0, 0.1) is 5.92 Å². The quantitative estimate of drug-likeness (QED) is 0.658. The molecule has 1 N–H and O–H groups in total. The Morgan fingerprint density at radius 1 is 1.29 bits per heavy atom. The molecule has 0 heterocycles. The summed E-state index contributed by atoms with van der Waals surface area (Å²) in [6.45, 7) is 5.92. The number of alkyl halides is 3. The Labute approximate surface area is 132 Å². The molecule has 0 unspecified atom stereocenters. The molecule has 0 radical (unpaired) electrons. The van der Waals surface area contributed by atoms with Gasteiger partial charge in [0, 0.05) is 17.4 Å². The van der Waals surface area contributed by atoms with Crippen LogP contribution in [0.4, 0.5) is 13.2 Å². The highest BCUT2D eigenvalue weighted by molar-refractivity contribution is 9.10. The third kappa shape index (κ3) is 8.31. The molecule has 6 heteroatoms. The van der Waals surface area contributed by atoms with Crippen LogP contribution in [0.15, 0.2) is 22.7 Å². The topological polar surface area (TPSA) is 21.3 Å². The van der Waals surface area contributed by atoms with Crippen LogP contribution < -0.4 is 10.1 Å². The monoisotopic (exact) mass is 367 g/mol. The van der Waals surface area contributed by atoms with Gasteiger partial charge in [0.15, 0.2) is 0 Å². The van der Waals surface area contributed by atoms with E-state index >= 15 is 0 Å². The van der Waals surface area contributed by atoms with E-state index in [1.165, 1.54) is 0 Å². The largest absolute Gasteiger partial charge is 0.494 e. The van der Waals surface area contributed by atoms with Crippen molar-refractivity contribution in [1.82, 2.24) is 5.32 Å². The maximum atomic E-state index is 12.0. The van der Waals surface area contributed by atoms with Crippen LogP contribution in [0.25, 0.3) is 0 Å². The average Bonchev–Trinajstić information content (AvgIpc) is 2.36. The summed E-state index contributed by atoms with van der Waals surface area (Å²) in [6.07, 6.45) is -4.96. The first kappa shape index (κ1) is 18.3. The summed E-state index contributed by atoms with van der Waals surface area (Å²) in [4.78, 5) is 0. The fourth-order valence-corrected chi connectivity index (χ4v) is 2.12. The third-order valence-electron chi connectivity index (χ3n) is 2.76. The molecule has 0 bridgehead atoms. The molecule has 1 aromatic rings. The van der Waals surface area contributed by atoms with Crippen molar-refractivity contribution in [1.29, 1.82) is 0 Å². The molecule has 0 atom stereocenters. The van der Waals surface area contributed by atoms with Gasteiger partial charge < -0.3 is 10.1 Å². The van der Waals surface area contributed by atoms with Crippen LogP contribution in [-0.4, -0.2) is 19.3 Å².